The SMILES string of the molecule is CCCCOCCOCCNC(=NC)NC1CCCN(c2ccccc2C#N)C1. The summed E-state index contributed by atoms with van der Waals surface area (Å²) in [4.78, 5) is 6.61. The van der Waals surface area contributed by atoms with Gasteiger partial charge in [-0.25, -0.2) is 0 Å². The maximum atomic E-state index is 9.37. The van der Waals surface area contributed by atoms with Crippen molar-refractivity contribution < 1.29 is 9.47 Å². The Bertz CT molecular complexity index is 659. The van der Waals surface area contributed by atoms with Crippen molar-refractivity contribution in [2.45, 2.75) is 38.6 Å². The molecule has 1 aromatic rings. The number of hydrogen-bond acceptors (Lipinski definition) is 5. The number of guanidine groups is 1. The minimum atomic E-state index is 0.287. The Morgan fingerprint density at radius 2 is 2.03 bits per heavy atom. The van der Waals surface area contributed by atoms with E-state index in [1.807, 2.05) is 24.3 Å². The number of ether oxygens (including phenoxy) is 2. The Labute approximate surface area is 175 Å². The lowest BCUT2D eigenvalue weighted by molar-refractivity contribution is 0.0487. The summed E-state index contributed by atoms with van der Waals surface area (Å²) in [6.07, 6.45) is 4.41. The summed E-state index contributed by atoms with van der Waals surface area (Å²) in [5.74, 6) is 0.785. The number of unbranched alkanes of at least 4 members (excludes halogenated alkanes) is 1. The van der Waals surface area contributed by atoms with Crippen molar-refractivity contribution in [1.29, 1.82) is 5.26 Å². The summed E-state index contributed by atoms with van der Waals surface area (Å²) in [5.41, 5.74) is 1.74. The van der Waals surface area contributed by atoms with Gasteiger partial charge < -0.3 is 25.0 Å². The molecule has 1 saturated heterocycles. The first-order valence-corrected chi connectivity index (χ1v) is 10.6. The Morgan fingerprint density at radius 1 is 1.24 bits per heavy atom. The standard InChI is InChI=1S/C22H35N5O2/c1-3-4-13-28-15-16-29-14-11-25-22(24-2)26-20-9-7-12-27(18-20)21-10-6-5-8-19(21)17-23/h5-6,8,10,20H,3-4,7,9,11-16,18H2,1-2H3,(H2,24,25,26). The van der Waals surface area contributed by atoms with Gasteiger partial charge in [-0.1, -0.05) is 25.5 Å². The molecule has 1 heterocycles. The number of rotatable bonds is 11. The summed E-state index contributed by atoms with van der Waals surface area (Å²) < 4.78 is 11.1. The number of aliphatic imine (C=N–C) groups is 1. The van der Waals surface area contributed by atoms with E-state index in [0.29, 0.717) is 26.4 Å². The quantitative estimate of drug-likeness (QED) is 0.337. The Balaban J connectivity index is 1.69. The number of benzene rings is 1. The van der Waals surface area contributed by atoms with Crippen LogP contribution in [0.3, 0.4) is 0 Å². The van der Waals surface area contributed by atoms with E-state index >= 15 is 0 Å². The molecule has 160 valence electrons. The summed E-state index contributed by atoms with van der Waals surface area (Å²) in [7, 11) is 1.78. The molecular weight excluding hydrogens is 366 g/mol. The van der Waals surface area contributed by atoms with Crippen LogP contribution in [0.2, 0.25) is 0 Å². The molecule has 1 unspecified atom stereocenters. The predicted molar refractivity (Wildman–Crippen MR) is 117 cm³/mol. The fourth-order valence-electron chi connectivity index (χ4n) is 3.36. The summed E-state index contributed by atoms with van der Waals surface area (Å²) in [5, 5.41) is 16.2. The van der Waals surface area contributed by atoms with Crippen LogP contribution in [0, 0.1) is 11.3 Å². The molecule has 0 spiro atoms. The van der Waals surface area contributed by atoms with Crippen LogP contribution >= 0.6 is 0 Å². The maximum absolute atomic E-state index is 9.37. The van der Waals surface area contributed by atoms with Crippen molar-refractivity contribution in [2.24, 2.45) is 4.99 Å². The Hall–Kier alpha value is -2.30. The number of nitriles is 1. The van der Waals surface area contributed by atoms with Gasteiger partial charge >= 0.3 is 0 Å². The maximum Gasteiger partial charge on any atom is 0.191 e. The van der Waals surface area contributed by atoms with Crippen LogP contribution in [-0.2, 0) is 9.47 Å². The van der Waals surface area contributed by atoms with Crippen LogP contribution in [0.25, 0.3) is 0 Å². The molecular formula is C22H35N5O2. The van der Waals surface area contributed by atoms with Crippen LogP contribution in [0.1, 0.15) is 38.2 Å². The summed E-state index contributed by atoms with van der Waals surface area (Å²) in [6.45, 7) is 7.37. The van der Waals surface area contributed by atoms with E-state index in [9.17, 15) is 5.26 Å². The molecule has 0 aliphatic carbocycles. The zero-order chi connectivity index (χ0) is 20.7. The number of nitrogens with zero attached hydrogens (tertiary/aromatic N) is 3. The van der Waals surface area contributed by atoms with Gasteiger partial charge in [0.1, 0.15) is 6.07 Å². The topological polar surface area (TPSA) is 81.9 Å². The van der Waals surface area contributed by atoms with Crippen LogP contribution in [0.4, 0.5) is 5.69 Å². The second-order valence-electron chi connectivity index (χ2n) is 7.14. The lowest BCUT2D eigenvalue weighted by atomic mass is 10.0. The minimum Gasteiger partial charge on any atom is -0.379 e. The van der Waals surface area contributed by atoms with Crippen molar-refractivity contribution in [2.75, 3.05) is 58.0 Å². The monoisotopic (exact) mass is 401 g/mol. The molecule has 1 aromatic carbocycles. The molecule has 7 nitrogen and oxygen atoms in total. The highest BCUT2D eigenvalue weighted by atomic mass is 16.5. The first kappa shape index (κ1) is 23.0. The van der Waals surface area contributed by atoms with Crippen LogP contribution in [0.5, 0.6) is 0 Å². The van der Waals surface area contributed by atoms with Gasteiger partial charge in [-0.2, -0.15) is 5.26 Å². The van der Waals surface area contributed by atoms with Gasteiger partial charge in [-0.3, -0.25) is 4.99 Å². The van der Waals surface area contributed by atoms with Gasteiger partial charge in [0.2, 0.25) is 0 Å². The van der Waals surface area contributed by atoms with Crippen molar-refractivity contribution in [3.8, 4) is 6.07 Å². The van der Waals surface area contributed by atoms with Crippen molar-refractivity contribution in [1.82, 2.24) is 10.6 Å². The van der Waals surface area contributed by atoms with Crippen molar-refractivity contribution >= 4 is 11.6 Å². The Kier molecular flexibility index (Phi) is 10.9. The van der Waals surface area contributed by atoms with E-state index in [-0.39, 0.29) is 6.04 Å². The molecule has 1 fully saturated rings. The van der Waals surface area contributed by atoms with E-state index in [1.165, 1.54) is 0 Å². The third kappa shape index (κ3) is 8.30. The molecule has 7 heteroatoms. The van der Waals surface area contributed by atoms with Gasteiger partial charge in [0.15, 0.2) is 5.96 Å². The highest BCUT2D eigenvalue weighted by Crippen LogP contribution is 2.23. The van der Waals surface area contributed by atoms with E-state index in [2.05, 4.69) is 33.5 Å². The van der Waals surface area contributed by atoms with Crippen LogP contribution in [0.15, 0.2) is 29.3 Å². The van der Waals surface area contributed by atoms with Gasteiger partial charge in [-0.05, 0) is 31.4 Å². The molecule has 0 saturated carbocycles. The van der Waals surface area contributed by atoms with Gasteiger partial charge in [-0.15, -0.1) is 0 Å². The highest BCUT2D eigenvalue weighted by molar-refractivity contribution is 5.80. The molecule has 29 heavy (non-hydrogen) atoms. The van der Waals surface area contributed by atoms with Gasteiger partial charge in [0.25, 0.3) is 0 Å². The van der Waals surface area contributed by atoms with E-state index in [1.54, 1.807) is 7.05 Å². The predicted octanol–water partition coefficient (Wildman–Crippen LogP) is 2.53. The average Bonchev–Trinajstić information content (AvgIpc) is 2.77. The third-order valence-electron chi connectivity index (χ3n) is 4.90. The third-order valence-corrected chi connectivity index (χ3v) is 4.90. The fraction of sp³-hybridized carbons (Fsp3) is 0.636. The number of anilines is 1. The molecule has 0 amide bonds. The van der Waals surface area contributed by atoms with Crippen LogP contribution in [-0.4, -0.2) is 65.1 Å². The smallest absolute Gasteiger partial charge is 0.191 e. The molecule has 1 aliphatic heterocycles. The minimum absolute atomic E-state index is 0.287. The molecule has 1 atom stereocenters. The largest absolute Gasteiger partial charge is 0.379 e. The van der Waals surface area contributed by atoms with E-state index in [0.717, 1.165) is 62.6 Å². The second-order valence-corrected chi connectivity index (χ2v) is 7.14. The lowest BCUT2D eigenvalue weighted by Gasteiger charge is -2.35. The average molecular weight is 402 g/mol. The molecule has 0 bridgehead atoms. The lowest BCUT2D eigenvalue weighted by Crippen LogP contribution is -2.51. The zero-order valence-corrected chi connectivity index (χ0v) is 17.8. The first-order valence-electron chi connectivity index (χ1n) is 10.6. The van der Waals surface area contributed by atoms with Gasteiger partial charge in [0, 0.05) is 39.3 Å². The number of nitrogens with one attached hydrogen (secondary N) is 2. The van der Waals surface area contributed by atoms with Crippen molar-refractivity contribution in [3.05, 3.63) is 29.8 Å². The van der Waals surface area contributed by atoms with E-state index < -0.39 is 0 Å². The molecule has 0 radical (unpaired) electrons. The first-order chi connectivity index (χ1) is 14.3. The number of para-hydroxylation sites is 1. The molecule has 1 aliphatic rings. The normalized spacial score (nSPS) is 17.1. The molecule has 2 rings (SSSR count). The number of piperidine rings is 1. The van der Waals surface area contributed by atoms with Gasteiger partial charge in [0.05, 0.1) is 31.1 Å². The summed E-state index contributed by atoms with van der Waals surface area (Å²) >= 11 is 0. The molecule has 0 aromatic heterocycles. The zero-order valence-electron chi connectivity index (χ0n) is 17.8. The van der Waals surface area contributed by atoms with Crippen LogP contribution < -0.4 is 15.5 Å². The highest BCUT2D eigenvalue weighted by Gasteiger charge is 2.22. The van der Waals surface area contributed by atoms with Crippen molar-refractivity contribution in [3.63, 3.8) is 0 Å². The second kappa shape index (κ2) is 13.8. The van der Waals surface area contributed by atoms with E-state index in [4.69, 9.17) is 9.47 Å². The number of hydrogen-bond donors (Lipinski definition) is 2. The molecule has 2 N–H and O–H groups in total. The fourth-order valence-corrected chi connectivity index (χ4v) is 3.36. The summed E-state index contributed by atoms with van der Waals surface area (Å²) in [6, 6.07) is 10.4. The Morgan fingerprint density at radius 3 is 2.79 bits per heavy atom.